The fourth-order valence-corrected chi connectivity index (χ4v) is 5.79. The second-order valence-electron chi connectivity index (χ2n) is 12.7. The molecule has 0 radical (unpaired) electrons. The standard InChI is InChI=1S/C35H73N/c1-6-9-12-15-17-19-21-23-25-27-30-33-36(35(4,5)32-29-14-11-8-3)34-31-28-26-24-22-20-18-16-13-10-7-2/h6-34H2,1-5H3. The zero-order chi connectivity index (χ0) is 26.6. The summed E-state index contributed by atoms with van der Waals surface area (Å²) in [6.07, 6.45) is 38.8. The van der Waals surface area contributed by atoms with Gasteiger partial charge in [-0.2, -0.15) is 0 Å². The van der Waals surface area contributed by atoms with E-state index in [1.807, 2.05) is 0 Å². The Morgan fingerprint density at radius 3 is 0.889 bits per heavy atom. The first-order valence-electron chi connectivity index (χ1n) is 17.3. The van der Waals surface area contributed by atoms with E-state index in [-0.39, 0.29) is 0 Å². The van der Waals surface area contributed by atoms with E-state index >= 15 is 0 Å². The Labute approximate surface area is 231 Å². The lowest BCUT2D eigenvalue weighted by Gasteiger charge is -2.39. The van der Waals surface area contributed by atoms with Crippen molar-refractivity contribution in [1.82, 2.24) is 4.90 Å². The van der Waals surface area contributed by atoms with Crippen LogP contribution in [0.25, 0.3) is 0 Å². The summed E-state index contributed by atoms with van der Waals surface area (Å²) in [7, 11) is 0. The minimum Gasteiger partial charge on any atom is -0.298 e. The number of nitrogens with zero attached hydrogens (tertiary/aromatic N) is 1. The second-order valence-corrected chi connectivity index (χ2v) is 12.7. The van der Waals surface area contributed by atoms with Gasteiger partial charge in [0.1, 0.15) is 0 Å². The predicted octanol–water partition coefficient (Wildman–Crippen LogP) is 12.7. The second kappa shape index (κ2) is 28.0. The maximum atomic E-state index is 2.89. The molecule has 0 heterocycles. The van der Waals surface area contributed by atoms with Gasteiger partial charge in [-0.05, 0) is 46.2 Å². The quantitative estimate of drug-likeness (QED) is 0.0873. The average molecular weight is 508 g/mol. The van der Waals surface area contributed by atoms with Crippen LogP contribution in [0.5, 0.6) is 0 Å². The molecule has 0 rings (SSSR count). The van der Waals surface area contributed by atoms with Crippen LogP contribution in [0, 0.1) is 0 Å². The fraction of sp³-hybridized carbons (Fsp3) is 1.00. The van der Waals surface area contributed by atoms with Gasteiger partial charge in [-0.1, -0.05) is 175 Å². The molecule has 0 fully saturated rings. The summed E-state index contributed by atoms with van der Waals surface area (Å²) < 4.78 is 0. The van der Waals surface area contributed by atoms with Gasteiger partial charge in [0.05, 0.1) is 0 Å². The molecule has 1 heteroatoms. The maximum Gasteiger partial charge on any atom is 0.0153 e. The largest absolute Gasteiger partial charge is 0.298 e. The van der Waals surface area contributed by atoms with E-state index in [4.69, 9.17) is 0 Å². The smallest absolute Gasteiger partial charge is 0.0153 e. The number of hydrogen-bond acceptors (Lipinski definition) is 1. The molecule has 0 bridgehead atoms. The SMILES string of the molecule is CCCCCCCCCCCCCN(CCCCCCCCCCCCC)C(C)(C)CCCCCC. The number of hydrogen-bond donors (Lipinski definition) is 0. The Kier molecular flexibility index (Phi) is 27.9. The normalized spacial score (nSPS) is 12.2. The average Bonchev–Trinajstić information content (AvgIpc) is 2.87. The Balaban J connectivity index is 4.07. The van der Waals surface area contributed by atoms with E-state index < -0.39 is 0 Å². The lowest BCUT2D eigenvalue weighted by atomic mass is 9.93. The lowest BCUT2D eigenvalue weighted by molar-refractivity contribution is 0.102. The van der Waals surface area contributed by atoms with Crippen molar-refractivity contribution in [3.05, 3.63) is 0 Å². The molecule has 0 atom stereocenters. The Bertz CT molecular complexity index is 375. The molecule has 36 heavy (non-hydrogen) atoms. The highest BCUT2D eigenvalue weighted by atomic mass is 15.2. The van der Waals surface area contributed by atoms with Crippen LogP contribution in [0.1, 0.15) is 208 Å². The van der Waals surface area contributed by atoms with Gasteiger partial charge >= 0.3 is 0 Å². The Hall–Kier alpha value is -0.0400. The van der Waals surface area contributed by atoms with Gasteiger partial charge in [0.2, 0.25) is 0 Å². The van der Waals surface area contributed by atoms with Crippen LogP contribution in [-0.4, -0.2) is 23.5 Å². The number of unbranched alkanes of at least 4 members (excludes halogenated alkanes) is 23. The topological polar surface area (TPSA) is 3.24 Å². The van der Waals surface area contributed by atoms with Crippen molar-refractivity contribution in [1.29, 1.82) is 0 Å². The Morgan fingerprint density at radius 2 is 0.583 bits per heavy atom. The number of rotatable bonds is 30. The molecule has 0 unspecified atom stereocenters. The highest BCUT2D eigenvalue weighted by Crippen LogP contribution is 2.24. The molecule has 0 aromatic rings. The summed E-state index contributed by atoms with van der Waals surface area (Å²) in [4.78, 5) is 2.89. The monoisotopic (exact) mass is 508 g/mol. The molecule has 1 nitrogen and oxygen atoms in total. The Morgan fingerprint density at radius 1 is 0.333 bits per heavy atom. The third-order valence-corrected chi connectivity index (χ3v) is 8.56. The molecule has 0 aromatic carbocycles. The molecule has 0 aliphatic heterocycles. The van der Waals surface area contributed by atoms with Crippen molar-refractivity contribution in [2.75, 3.05) is 13.1 Å². The summed E-state index contributed by atoms with van der Waals surface area (Å²) in [6, 6.07) is 0. The van der Waals surface area contributed by atoms with Crippen molar-refractivity contribution in [3.63, 3.8) is 0 Å². The van der Waals surface area contributed by atoms with E-state index in [0.717, 1.165) is 0 Å². The summed E-state index contributed by atoms with van der Waals surface area (Å²) in [5, 5.41) is 0. The first-order chi connectivity index (χ1) is 17.6. The summed E-state index contributed by atoms with van der Waals surface area (Å²) in [5.41, 5.74) is 0.380. The van der Waals surface area contributed by atoms with Gasteiger partial charge in [0.15, 0.2) is 0 Å². The van der Waals surface area contributed by atoms with E-state index in [2.05, 4.69) is 39.5 Å². The maximum absolute atomic E-state index is 2.89. The molecule has 0 N–H and O–H groups in total. The van der Waals surface area contributed by atoms with Gasteiger partial charge in [-0.25, -0.2) is 0 Å². The minimum absolute atomic E-state index is 0.380. The van der Waals surface area contributed by atoms with Gasteiger partial charge in [0.25, 0.3) is 0 Å². The summed E-state index contributed by atoms with van der Waals surface area (Å²) >= 11 is 0. The molecule has 0 spiro atoms. The van der Waals surface area contributed by atoms with Gasteiger partial charge in [0, 0.05) is 5.54 Å². The highest BCUT2D eigenvalue weighted by molar-refractivity contribution is 4.81. The van der Waals surface area contributed by atoms with Crippen molar-refractivity contribution in [2.45, 2.75) is 214 Å². The zero-order valence-electron chi connectivity index (χ0n) is 26.5. The zero-order valence-corrected chi connectivity index (χ0v) is 26.5. The fourth-order valence-electron chi connectivity index (χ4n) is 5.79. The molecular formula is C35H73N. The molecule has 0 aliphatic rings. The molecule has 0 saturated heterocycles. The van der Waals surface area contributed by atoms with Crippen LogP contribution in [0.2, 0.25) is 0 Å². The van der Waals surface area contributed by atoms with Crippen LogP contribution in [0.3, 0.4) is 0 Å². The highest BCUT2D eigenvalue weighted by Gasteiger charge is 2.25. The van der Waals surface area contributed by atoms with Crippen LogP contribution < -0.4 is 0 Å². The molecule has 0 aliphatic carbocycles. The van der Waals surface area contributed by atoms with Crippen LogP contribution in [0.4, 0.5) is 0 Å². The van der Waals surface area contributed by atoms with Crippen LogP contribution >= 0.6 is 0 Å². The molecule has 0 amide bonds. The molecular weight excluding hydrogens is 434 g/mol. The van der Waals surface area contributed by atoms with E-state index in [9.17, 15) is 0 Å². The van der Waals surface area contributed by atoms with Gasteiger partial charge in [-0.15, -0.1) is 0 Å². The van der Waals surface area contributed by atoms with E-state index in [1.165, 1.54) is 186 Å². The first kappa shape index (κ1) is 36.0. The minimum atomic E-state index is 0.380. The van der Waals surface area contributed by atoms with Gasteiger partial charge < -0.3 is 0 Å². The lowest BCUT2D eigenvalue weighted by Crippen LogP contribution is -2.45. The van der Waals surface area contributed by atoms with Crippen molar-refractivity contribution >= 4 is 0 Å². The molecule has 0 saturated carbocycles. The molecule has 0 aromatic heterocycles. The van der Waals surface area contributed by atoms with Crippen molar-refractivity contribution in [2.24, 2.45) is 0 Å². The third-order valence-electron chi connectivity index (χ3n) is 8.56. The van der Waals surface area contributed by atoms with Crippen LogP contribution in [0.15, 0.2) is 0 Å². The third kappa shape index (κ3) is 24.3. The molecule has 218 valence electrons. The van der Waals surface area contributed by atoms with E-state index in [0.29, 0.717) is 5.54 Å². The summed E-state index contributed by atoms with van der Waals surface area (Å²) in [6.45, 7) is 14.7. The summed E-state index contributed by atoms with van der Waals surface area (Å²) in [5.74, 6) is 0. The predicted molar refractivity (Wildman–Crippen MR) is 167 cm³/mol. The van der Waals surface area contributed by atoms with Crippen LogP contribution in [-0.2, 0) is 0 Å². The first-order valence-corrected chi connectivity index (χ1v) is 17.3. The van der Waals surface area contributed by atoms with Gasteiger partial charge in [-0.3, -0.25) is 4.90 Å². The van der Waals surface area contributed by atoms with Crippen molar-refractivity contribution in [3.8, 4) is 0 Å². The van der Waals surface area contributed by atoms with E-state index in [1.54, 1.807) is 0 Å². The van der Waals surface area contributed by atoms with Crippen molar-refractivity contribution < 1.29 is 0 Å².